The Morgan fingerprint density at radius 3 is 2.13 bits per heavy atom. The Labute approximate surface area is 141 Å². The number of rotatable bonds is 3. The van der Waals surface area contributed by atoms with E-state index in [1.807, 2.05) is 6.92 Å². The van der Waals surface area contributed by atoms with Crippen LogP contribution in [-0.4, -0.2) is 13.5 Å². The number of hydrogen-bond donors (Lipinski definition) is 1. The van der Waals surface area contributed by atoms with Crippen molar-refractivity contribution in [1.82, 2.24) is 0 Å². The van der Waals surface area contributed by atoms with Crippen LogP contribution >= 0.6 is 13.5 Å². The third-order valence-electron chi connectivity index (χ3n) is 3.37. The van der Waals surface area contributed by atoms with E-state index in [2.05, 4.69) is 0 Å². The summed E-state index contributed by atoms with van der Waals surface area (Å²) in [5.74, 6) is 0.268. The average molecular weight is 348 g/mol. The molecule has 0 heterocycles. The fraction of sp³-hybridized carbons (Fsp3) is 0.0588. The van der Waals surface area contributed by atoms with Crippen LogP contribution < -0.4 is 4.18 Å². The van der Waals surface area contributed by atoms with Gasteiger partial charge in [0.2, 0.25) is 0 Å². The first-order valence-corrected chi connectivity index (χ1v) is 8.10. The molecular weight excluding hydrogens is 332 g/mol. The molecule has 23 heavy (non-hydrogen) atoms. The van der Waals surface area contributed by atoms with Crippen LogP contribution in [0.15, 0.2) is 65.6 Å². The Balaban J connectivity index is 0.00000192. The summed E-state index contributed by atoms with van der Waals surface area (Å²) in [7, 11) is -3.92. The number of hydrogen-bond acceptors (Lipinski definition) is 4. The van der Waals surface area contributed by atoms with Crippen LogP contribution in [0.4, 0.5) is 0 Å². The molecule has 0 bridgehead atoms. The maximum Gasteiger partial charge on any atom is 0.339 e. The summed E-state index contributed by atoms with van der Waals surface area (Å²) in [5, 5.41) is 10.9. The molecule has 3 aromatic carbocycles. The Morgan fingerprint density at radius 2 is 1.48 bits per heavy atom. The van der Waals surface area contributed by atoms with E-state index in [1.54, 1.807) is 36.4 Å². The first-order chi connectivity index (χ1) is 10.5. The van der Waals surface area contributed by atoms with E-state index in [-0.39, 0.29) is 29.9 Å². The van der Waals surface area contributed by atoms with Crippen molar-refractivity contribution < 1.29 is 17.7 Å². The highest BCUT2D eigenvalue weighted by atomic mass is 32.2. The smallest absolute Gasteiger partial charge is 0.339 e. The molecule has 6 heteroatoms. The molecule has 3 aromatic rings. The van der Waals surface area contributed by atoms with Gasteiger partial charge in [0.1, 0.15) is 10.6 Å². The second kappa shape index (κ2) is 6.52. The van der Waals surface area contributed by atoms with Crippen LogP contribution in [0.25, 0.3) is 10.8 Å². The minimum atomic E-state index is -3.92. The van der Waals surface area contributed by atoms with Gasteiger partial charge in [0.05, 0.1) is 0 Å². The van der Waals surface area contributed by atoms with Crippen molar-refractivity contribution in [3.8, 4) is 11.5 Å². The lowest BCUT2D eigenvalue weighted by molar-refractivity contribution is 0.476. The van der Waals surface area contributed by atoms with Crippen LogP contribution in [0.5, 0.6) is 11.5 Å². The van der Waals surface area contributed by atoms with E-state index in [9.17, 15) is 13.5 Å². The Hall–Kier alpha value is -2.18. The lowest BCUT2D eigenvalue weighted by Gasteiger charge is -2.10. The molecule has 1 N–H and O–H groups in total. The number of aromatic hydroxyl groups is 1. The zero-order chi connectivity index (χ0) is 15.7. The maximum absolute atomic E-state index is 12.4. The van der Waals surface area contributed by atoms with Crippen LogP contribution in [0.2, 0.25) is 0 Å². The van der Waals surface area contributed by atoms with Crippen molar-refractivity contribution >= 4 is 34.4 Å². The molecule has 0 spiro atoms. The van der Waals surface area contributed by atoms with Crippen molar-refractivity contribution in [2.24, 2.45) is 0 Å². The summed E-state index contributed by atoms with van der Waals surface area (Å²) in [6.07, 6.45) is 0. The first kappa shape index (κ1) is 17.2. The normalized spacial score (nSPS) is 11.0. The van der Waals surface area contributed by atoms with E-state index in [0.29, 0.717) is 10.8 Å². The van der Waals surface area contributed by atoms with Gasteiger partial charge < -0.3 is 9.29 Å². The van der Waals surface area contributed by atoms with Crippen LogP contribution in [0, 0.1) is 6.92 Å². The molecule has 0 fully saturated rings. The fourth-order valence-electron chi connectivity index (χ4n) is 2.20. The zero-order valence-corrected chi connectivity index (χ0v) is 14.2. The minimum absolute atomic E-state index is 0. The molecule has 0 radical (unpaired) electrons. The van der Waals surface area contributed by atoms with E-state index in [0.717, 1.165) is 5.56 Å². The summed E-state index contributed by atoms with van der Waals surface area (Å²) in [4.78, 5) is 0.0928. The fourth-order valence-corrected chi connectivity index (χ4v) is 3.15. The van der Waals surface area contributed by atoms with Gasteiger partial charge in [-0.1, -0.05) is 42.0 Å². The van der Waals surface area contributed by atoms with Crippen molar-refractivity contribution in [3.05, 3.63) is 66.2 Å². The van der Waals surface area contributed by atoms with Gasteiger partial charge >= 0.3 is 10.1 Å². The molecule has 0 unspecified atom stereocenters. The predicted molar refractivity (Wildman–Crippen MR) is 95.0 cm³/mol. The number of aryl methyl sites for hydroxylation is 1. The van der Waals surface area contributed by atoms with Crippen LogP contribution in [-0.2, 0) is 10.1 Å². The van der Waals surface area contributed by atoms with Gasteiger partial charge in [0.25, 0.3) is 0 Å². The zero-order valence-electron chi connectivity index (χ0n) is 12.4. The predicted octanol–water partition coefficient (Wildman–Crippen LogP) is 3.73. The summed E-state index contributed by atoms with van der Waals surface area (Å²) in [6, 6.07) is 16.2. The number of phenolic OH excluding ortho intramolecular Hbond substituents is 1. The van der Waals surface area contributed by atoms with Gasteiger partial charge in [0, 0.05) is 10.8 Å². The largest absolute Gasteiger partial charge is 0.507 e. The first-order valence-electron chi connectivity index (χ1n) is 6.69. The van der Waals surface area contributed by atoms with Crippen LogP contribution in [0.3, 0.4) is 0 Å². The SMILES string of the molecule is Cc1ccc(S(=O)(=O)Oc2ccc(O)c3ccccc23)cc1.S. The Morgan fingerprint density at radius 1 is 0.870 bits per heavy atom. The maximum atomic E-state index is 12.4. The van der Waals surface area contributed by atoms with Crippen molar-refractivity contribution in [2.75, 3.05) is 0 Å². The summed E-state index contributed by atoms with van der Waals surface area (Å²) >= 11 is 0. The van der Waals surface area contributed by atoms with Crippen molar-refractivity contribution in [2.45, 2.75) is 11.8 Å². The second-order valence-electron chi connectivity index (χ2n) is 4.98. The molecule has 4 nitrogen and oxygen atoms in total. The molecule has 0 saturated carbocycles. The monoisotopic (exact) mass is 348 g/mol. The van der Waals surface area contributed by atoms with Crippen molar-refractivity contribution in [1.29, 1.82) is 0 Å². The van der Waals surface area contributed by atoms with Gasteiger partial charge in [-0.2, -0.15) is 21.9 Å². The molecule has 0 saturated heterocycles. The number of benzene rings is 3. The van der Waals surface area contributed by atoms with E-state index in [4.69, 9.17) is 4.18 Å². The van der Waals surface area contributed by atoms with Gasteiger partial charge in [-0.05, 0) is 31.2 Å². The third kappa shape index (κ3) is 3.43. The molecule has 0 aliphatic rings. The molecular formula is C17H16O4S2. The quantitative estimate of drug-likeness (QED) is 0.733. The average Bonchev–Trinajstić information content (AvgIpc) is 2.51. The second-order valence-corrected chi connectivity index (χ2v) is 6.53. The Bertz CT molecular complexity index is 932. The van der Waals surface area contributed by atoms with Crippen molar-refractivity contribution in [3.63, 3.8) is 0 Å². The number of phenols is 1. The van der Waals surface area contributed by atoms with E-state index in [1.165, 1.54) is 24.3 Å². The van der Waals surface area contributed by atoms with Gasteiger partial charge in [-0.25, -0.2) is 0 Å². The topological polar surface area (TPSA) is 63.6 Å². The summed E-state index contributed by atoms with van der Waals surface area (Å²) in [6.45, 7) is 1.88. The highest BCUT2D eigenvalue weighted by Gasteiger charge is 2.18. The van der Waals surface area contributed by atoms with Crippen LogP contribution in [0.1, 0.15) is 5.56 Å². The van der Waals surface area contributed by atoms with E-state index >= 15 is 0 Å². The third-order valence-corrected chi connectivity index (χ3v) is 4.62. The van der Waals surface area contributed by atoms with E-state index < -0.39 is 10.1 Å². The molecule has 0 amide bonds. The standard InChI is InChI=1S/C17H14O4S.H2S/c1-12-6-8-13(9-7-12)22(19,20)21-17-11-10-16(18)14-4-2-3-5-15(14)17;/h2-11,18H,1H3;1H2. The lowest BCUT2D eigenvalue weighted by Crippen LogP contribution is -2.09. The Kier molecular flexibility index (Phi) is 4.87. The molecule has 0 atom stereocenters. The molecule has 0 aliphatic carbocycles. The van der Waals surface area contributed by atoms with Gasteiger partial charge in [0.15, 0.2) is 5.75 Å². The van der Waals surface area contributed by atoms with Gasteiger partial charge in [-0.3, -0.25) is 0 Å². The molecule has 3 rings (SSSR count). The number of fused-ring (bicyclic) bond motifs is 1. The summed E-state index contributed by atoms with van der Waals surface area (Å²) < 4.78 is 30.0. The lowest BCUT2D eigenvalue weighted by atomic mass is 10.1. The highest BCUT2D eigenvalue weighted by Crippen LogP contribution is 2.33. The molecule has 120 valence electrons. The molecule has 0 aromatic heterocycles. The van der Waals surface area contributed by atoms with Gasteiger partial charge in [-0.15, -0.1) is 0 Å². The minimum Gasteiger partial charge on any atom is -0.507 e. The molecule has 0 aliphatic heterocycles. The summed E-state index contributed by atoms with van der Waals surface area (Å²) in [5.41, 5.74) is 0.967. The highest BCUT2D eigenvalue weighted by molar-refractivity contribution is 7.87.